The molecule has 0 aliphatic carbocycles. The van der Waals surface area contributed by atoms with Gasteiger partial charge in [0.1, 0.15) is 0 Å². The van der Waals surface area contributed by atoms with Crippen LogP contribution < -0.4 is 5.32 Å². The molecule has 0 amide bonds. The van der Waals surface area contributed by atoms with Gasteiger partial charge in [-0.25, -0.2) is 4.98 Å². The van der Waals surface area contributed by atoms with Gasteiger partial charge >= 0.3 is 0 Å². The first kappa shape index (κ1) is 13.5. The average Bonchev–Trinajstić information content (AvgIpc) is 2.28. The lowest BCUT2D eigenvalue weighted by molar-refractivity contribution is 0.196. The Morgan fingerprint density at radius 3 is 2.44 bits per heavy atom. The van der Waals surface area contributed by atoms with Gasteiger partial charge in [-0.3, -0.25) is 0 Å². The number of rotatable bonds is 5. The van der Waals surface area contributed by atoms with Crippen LogP contribution in [0.2, 0.25) is 0 Å². The lowest BCUT2D eigenvalue weighted by Gasteiger charge is -2.14. The van der Waals surface area contributed by atoms with Gasteiger partial charge in [-0.05, 0) is 32.5 Å². The number of aliphatic hydroxyl groups excluding tert-OH is 1. The molecule has 1 heterocycles. The van der Waals surface area contributed by atoms with Crippen molar-refractivity contribution < 1.29 is 5.11 Å². The van der Waals surface area contributed by atoms with Gasteiger partial charge in [0.2, 0.25) is 0 Å². The summed E-state index contributed by atoms with van der Waals surface area (Å²) in [6.45, 7) is 5.90. The highest BCUT2D eigenvalue weighted by molar-refractivity contribution is 7.99. The first-order valence-corrected chi connectivity index (χ1v) is 6.40. The van der Waals surface area contributed by atoms with Crippen molar-refractivity contribution in [3.8, 4) is 0 Å². The maximum Gasteiger partial charge on any atom is 0.0963 e. The van der Waals surface area contributed by atoms with Crippen LogP contribution in [0.4, 0.5) is 0 Å². The summed E-state index contributed by atoms with van der Waals surface area (Å²) >= 11 is 1.60. The number of aliphatic hydroxyl groups is 1. The third-order valence-electron chi connectivity index (χ3n) is 2.68. The molecular formula is C12H20N2OS. The van der Waals surface area contributed by atoms with E-state index in [0.29, 0.717) is 6.04 Å². The molecule has 2 N–H and O–H groups in total. The van der Waals surface area contributed by atoms with Gasteiger partial charge in [0.15, 0.2) is 0 Å². The number of aromatic nitrogens is 1. The van der Waals surface area contributed by atoms with E-state index < -0.39 is 0 Å². The van der Waals surface area contributed by atoms with Crippen LogP contribution in [0.1, 0.15) is 32.4 Å². The molecule has 0 fully saturated rings. The molecule has 0 spiro atoms. The average molecular weight is 240 g/mol. The Hall–Kier alpha value is -0.580. The third kappa shape index (κ3) is 3.77. The predicted octanol–water partition coefficient (Wildman–Crippen LogP) is 2.22. The summed E-state index contributed by atoms with van der Waals surface area (Å²) in [5, 5.41) is 13.7. The molecule has 0 saturated carbocycles. The number of thioether (sulfide) groups is 1. The zero-order valence-electron chi connectivity index (χ0n) is 10.3. The number of nitrogens with zero attached hydrogens (tertiary/aromatic N) is 1. The van der Waals surface area contributed by atoms with E-state index in [9.17, 15) is 5.11 Å². The summed E-state index contributed by atoms with van der Waals surface area (Å²) in [5.41, 5.74) is 1.18. The van der Waals surface area contributed by atoms with E-state index in [-0.39, 0.29) is 11.4 Å². The standard InChI is InChI=1S/C12H20N2OS/c1-8(13-4)11-5-6-12(14-7-11)16-10(3)9(2)15/h5-10,13,15H,1-4H3. The van der Waals surface area contributed by atoms with Gasteiger partial charge in [0.05, 0.1) is 11.1 Å². The molecule has 3 atom stereocenters. The van der Waals surface area contributed by atoms with E-state index in [4.69, 9.17) is 0 Å². The highest BCUT2D eigenvalue weighted by atomic mass is 32.2. The molecule has 0 radical (unpaired) electrons. The molecule has 0 saturated heterocycles. The Morgan fingerprint density at radius 1 is 1.31 bits per heavy atom. The van der Waals surface area contributed by atoms with Gasteiger partial charge in [-0.15, -0.1) is 11.8 Å². The van der Waals surface area contributed by atoms with E-state index in [1.165, 1.54) is 5.56 Å². The van der Waals surface area contributed by atoms with E-state index in [1.807, 2.05) is 26.2 Å². The summed E-state index contributed by atoms with van der Waals surface area (Å²) in [6, 6.07) is 4.40. The highest BCUT2D eigenvalue weighted by Crippen LogP contribution is 2.24. The van der Waals surface area contributed by atoms with E-state index >= 15 is 0 Å². The fourth-order valence-corrected chi connectivity index (χ4v) is 2.01. The van der Waals surface area contributed by atoms with Crippen LogP contribution in [0, 0.1) is 0 Å². The Bertz CT molecular complexity index is 313. The topological polar surface area (TPSA) is 45.1 Å². The Labute approximate surface area is 102 Å². The van der Waals surface area contributed by atoms with Crippen LogP contribution in [-0.4, -0.2) is 28.5 Å². The monoisotopic (exact) mass is 240 g/mol. The first-order valence-electron chi connectivity index (χ1n) is 5.52. The smallest absolute Gasteiger partial charge is 0.0963 e. The lowest BCUT2D eigenvalue weighted by atomic mass is 10.1. The zero-order chi connectivity index (χ0) is 12.1. The van der Waals surface area contributed by atoms with Crippen LogP contribution in [0.15, 0.2) is 23.4 Å². The maximum absolute atomic E-state index is 9.40. The molecule has 3 nitrogen and oxygen atoms in total. The van der Waals surface area contributed by atoms with Crippen molar-refractivity contribution in [3.05, 3.63) is 23.9 Å². The van der Waals surface area contributed by atoms with Crippen molar-refractivity contribution in [1.82, 2.24) is 10.3 Å². The molecular weight excluding hydrogens is 220 g/mol. The molecule has 16 heavy (non-hydrogen) atoms. The van der Waals surface area contributed by atoms with Crippen molar-refractivity contribution in [2.45, 2.75) is 43.2 Å². The molecule has 4 heteroatoms. The van der Waals surface area contributed by atoms with Gasteiger partial charge in [-0.1, -0.05) is 13.0 Å². The summed E-state index contributed by atoms with van der Waals surface area (Å²) in [4.78, 5) is 4.38. The minimum atomic E-state index is -0.317. The van der Waals surface area contributed by atoms with Crippen LogP contribution >= 0.6 is 11.8 Å². The van der Waals surface area contributed by atoms with Crippen LogP contribution in [0.5, 0.6) is 0 Å². The number of hydrogen-bond acceptors (Lipinski definition) is 4. The van der Waals surface area contributed by atoms with E-state index in [2.05, 4.69) is 23.3 Å². The second-order valence-corrected chi connectivity index (χ2v) is 5.40. The Balaban J connectivity index is 2.64. The second kappa shape index (κ2) is 6.23. The summed E-state index contributed by atoms with van der Waals surface area (Å²) in [7, 11) is 1.93. The van der Waals surface area contributed by atoms with E-state index in [0.717, 1.165) is 5.03 Å². The normalized spacial score (nSPS) is 16.8. The predicted molar refractivity (Wildman–Crippen MR) is 68.7 cm³/mol. The molecule has 3 unspecified atom stereocenters. The second-order valence-electron chi connectivity index (χ2n) is 4.00. The number of pyridine rings is 1. The minimum Gasteiger partial charge on any atom is -0.392 e. The minimum absolute atomic E-state index is 0.167. The number of nitrogens with one attached hydrogen (secondary N) is 1. The summed E-state index contributed by atoms with van der Waals surface area (Å²) in [5.74, 6) is 0. The van der Waals surface area contributed by atoms with Crippen molar-refractivity contribution >= 4 is 11.8 Å². The van der Waals surface area contributed by atoms with Crippen molar-refractivity contribution in [1.29, 1.82) is 0 Å². The molecule has 0 aromatic carbocycles. The van der Waals surface area contributed by atoms with Crippen LogP contribution in [0.25, 0.3) is 0 Å². The molecule has 1 aromatic heterocycles. The summed E-state index contributed by atoms with van der Waals surface area (Å²) < 4.78 is 0. The van der Waals surface area contributed by atoms with Crippen molar-refractivity contribution in [2.24, 2.45) is 0 Å². The Kier molecular flexibility index (Phi) is 5.25. The molecule has 0 bridgehead atoms. The van der Waals surface area contributed by atoms with Crippen LogP contribution in [0.3, 0.4) is 0 Å². The zero-order valence-corrected chi connectivity index (χ0v) is 11.1. The van der Waals surface area contributed by atoms with Crippen LogP contribution in [-0.2, 0) is 0 Å². The lowest BCUT2D eigenvalue weighted by Crippen LogP contribution is -2.15. The summed E-state index contributed by atoms with van der Waals surface area (Å²) in [6.07, 6.45) is 1.57. The SMILES string of the molecule is CNC(C)c1ccc(SC(C)C(C)O)nc1. The first-order chi connectivity index (χ1) is 7.54. The quantitative estimate of drug-likeness (QED) is 0.775. The molecule has 1 aromatic rings. The molecule has 0 aliphatic rings. The third-order valence-corrected chi connectivity index (χ3v) is 3.93. The van der Waals surface area contributed by atoms with Gasteiger partial charge in [-0.2, -0.15) is 0 Å². The molecule has 0 aliphatic heterocycles. The fourth-order valence-electron chi connectivity index (χ4n) is 1.17. The van der Waals surface area contributed by atoms with Crippen molar-refractivity contribution in [2.75, 3.05) is 7.05 Å². The van der Waals surface area contributed by atoms with Gasteiger partial charge in [0, 0.05) is 17.5 Å². The molecule has 90 valence electrons. The number of hydrogen-bond donors (Lipinski definition) is 2. The maximum atomic E-state index is 9.40. The van der Waals surface area contributed by atoms with E-state index in [1.54, 1.807) is 18.7 Å². The Morgan fingerprint density at radius 2 is 2.00 bits per heavy atom. The van der Waals surface area contributed by atoms with Crippen molar-refractivity contribution in [3.63, 3.8) is 0 Å². The molecule has 1 rings (SSSR count). The van der Waals surface area contributed by atoms with Gasteiger partial charge in [0.25, 0.3) is 0 Å². The fraction of sp³-hybridized carbons (Fsp3) is 0.583. The van der Waals surface area contributed by atoms with Gasteiger partial charge < -0.3 is 10.4 Å². The largest absolute Gasteiger partial charge is 0.392 e. The highest BCUT2D eigenvalue weighted by Gasteiger charge is 2.11.